The molecular formula is C20H22N4O3. The van der Waals surface area contributed by atoms with Crippen LogP contribution < -0.4 is 15.7 Å². The average Bonchev–Trinajstić information content (AvgIpc) is 2.70. The van der Waals surface area contributed by atoms with Crippen LogP contribution in [0.4, 0.5) is 0 Å². The Balaban J connectivity index is 1.78. The molecule has 3 rings (SSSR count). The van der Waals surface area contributed by atoms with E-state index in [0.29, 0.717) is 0 Å². The molecule has 0 saturated carbocycles. The number of aromatic nitrogens is 3. The molecular weight excluding hydrogens is 344 g/mol. The van der Waals surface area contributed by atoms with Crippen molar-refractivity contribution in [2.45, 2.75) is 32.2 Å². The van der Waals surface area contributed by atoms with Crippen LogP contribution in [0.25, 0.3) is 10.9 Å². The lowest BCUT2D eigenvalue weighted by atomic mass is 9.84. The minimum atomic E-state index is -0.519. The number of benzene rings is 1. The van der Waals surface area contributed by atoms with Crippen molar-refractivity contribution >= 4 is 16.8 Å². The standard InChI is InChI=1S/C20H22N4O3/c1-3-20(4-2,15-7-8-16-14(12-15)6-5-10-21-16)24-17(25)13-27-18-9-11-22-19(26)23-18/h5-12H,3-4,13H2,1-2H3,(H,24,25)(H,22,23,26). The first-order valence-electron chi connectivity index (χ1n) is 8.91. The van der Waals surface area contributed by atoms with Crippen molar-refractivity contribution < 1.29 is 9.53 Å². The highest BCUT2D eigenvalue weighted by Crippen LogP contribution is 2.30. The largest absolute Gasteiger partial charge is 0.467 e. The molecule has 0 unspecified atom stereocenters. The molecule has 140 valence electrons. The molecule has 0 aliphatic carbocycles. The number of aromatic amines is 1. The maximum absolute atomic E-state index is 12.5. The summed E-state index contributed by atoms with van der Waals surface area (Å²) in [5, 5.41) is 4.12. The minimum absolute atomic E-state index is 0.115. The molecule has 0 radical (unpaired) electrons. The SMILES string of the molecule is CCC(CC)(NC(=O)COc1cc[nH]c(=O)n1)c1ccc2ncccc2c1. The molecule has 2 aromatic heterocycles. The zero-order valence-electron chi connectivity index (χ0n) is 15.4. The van der Waals surface area contributed by atoms with Gasteiger partial charge >= 0.3 is 5.69 Å². The number of rotatable bonds is 7. The molecule has 3 aromatic rings. The maximum atomic E-state index is 12.5. The number of H-pyrrole nitrogens is 1. The number of nitrogens with one attached hydrogen (secondary N) is 2. The molecule has 7 nitrogen and oxygen atoms in total. The van der Waals surface area contributed by atoms with Crippen molar-refractivity contribution in [1.29, 1.82) is 0 Å². The topological polar surface area (TPSA) is 97.0 Å². The summed E-state index contributed by atoms with van der Waals surface area (Å²) < 4.78 is 5.34. The van der Waals surface area contributed by atoms with Crippen molar-refractivity contribution in [3.8, 4) is 5.88 Å². The van der Waals surface area contributed by atoms with E-state index < -0.39 is 11.2 Å². The van der Waals surface area contributed by atoms with Crippen LogP contribution in [0.3, 0.4) is 0 Å². The summed E-state index contributed by atoms with van der Waals surface area (Å²) in [4.78, 5) is 34.1. The Bertz CT molecular complexity index is 995. The van der Waals surface area contributed by atoms with E-state index in [-0.39, 0.29) is 18.4 Å². The number of ether oxygens (including phenoxy) is 1. The van der Waals surface area contributed by atoms with E-state index in [1.54, 1.807) is 6.20 Å². The second-order valence-corrected chi connectivity index (χ2v) is 6.27. The van der Waals surface area contributed by atoms with Crippen molar-refractivity contribution in [3.05, 3.63) is 64.8 Å². The van der Waals surface area contributed by atoms with Gasteiger partial charge in [-0.25, -0.2) is 4.79 Å². The first-order chi connectivity index (χ1) is 13.1. The van der Waals surface area contributed by atoms with Crippen LogP contribution in [0.15, 0.2) is 53.6 Å². The molecule has 2 heterocycles. The number of amides is 1. The van der Waals surface area contributed by atoms with E-state index >= 15 is 0 Å². The monoisotopic (exact) mass is 366 g/mol. The number of nitrogens with zero attached hydrogens (tertiary/aromatic N) is 2. The summed E-state index contributed by atoms with van der Waals surface area (Å²) >= 11 is 0. The Morgan fingerprint density at radius 1 is 1.22 bits per heavy atom. The van der Waals surface area contributed by atoms with E-state index in [1.165, 1.54) is 12.3 Å². The summed E-state index contributed by atoms with van der Waals surface area (Å²) in [7, 11) is 0. The first-order valence-corrected chi connectivity index (χ1v) is 8.91. The molecule has 0 bridgehead atoms. The number of carbonyl (C=O) groups excluding carboxylic acids is 1. The lowest BCUT2D eigenvalue weighted by Gasteiger charge is -2.33. The predicted molar refractivity (Wildman–Crippen MR) is 102 cm³/mol. The Labute approximate surface area is 156 Å². The molecule has 0 aliphatic heterocycles. The van der Waals surface area contributed by atoms with Gasteiger partial charge in [-0.2, -0.15) is 4.98 Å². The highest BCUT2D eigenvalue weighted by molar-refractivity contribution is 5.81. The van der Waals surface area contributed by atoms with Gasteiger partial charge in [0.1, 0.15) is 0 Å². The van der Waals surface area contributed by atoms with Crippen LogP contribution in [-0.4, -0.2) is 27.5 Å². The van der Waals surface area contributed by atoms with Crippen LogP contribution in [0.1, 0.15) is 32.3 Å². The summed E-state index contributed by atoms with van der Waals surface area (Å²) in [6, 6.07) is 11.4. The lowest BCUT2D eigenvalue weighted by molar-refractivity contribution is -0.125. The van der Waals surface area contributed by atoms with E-state index in [9.17, 15) is 9.59 Å². The molecule has 7 heteroatoms. The minimum Gasteiger partial charge on any atom is -0.467 e. The number of hydrogen-bond acceptors (Lipinski definition) is 5. The van der Waals surface area contributed by atoms with Crippen molar-refractivity contribution in [2.24, 2.45) is 0 Å². The fourth-order valence-electron chi connectivity index (χ4n) is 3.16. The van der Waals surface area contributed by atoms with Crippen LogP contribution in [0.5, 0.6) is 5.88 Å². The normalized spacial score (nSPS) is 11.3. The zero-order chi connectivity index (χ0) is 19.3. The molecule has 1 aromatic carbocycles. The zero-order valence-corrected chi connectivity index (χ0v) is 15.4. The van der Waals surface area contributed by atoms with Gasteiger partial charge in [-0.3, -0.25) is 9.78 Å². The Kier molecular flexibility index (Phi) is 5.49. The summed E-state index contributed by atoms with van der Waals surface area (Å²) in [5.74, 6) is -0.156. The smallest absolute Gasteiger partial charge is 0.348 e. The number of fused-ring (bicyclic) bond motifs is 1. The second kappa shape index (κ2) is 7.99. The van der Waals surface area contributed by atoms with Crippen LogP contribution in [0, 0.1) is 0 Å². The van der Waals surface area contributed by atoms with Gasteiger partial charge in [-0.1, -0.05) is 26.0 Å². The van der Waals surface area contributed by atoms with E-state index in [0.717, 1.165) is 29.3 Å². The van der Waals surface area contributed by atoms with E-state index in [1.807, 2.05) is 38.1 Å². The Morgan fingerprint density at radius 2 is 2.04 bits per heavy atom. The third-order valence-electron chi connectivity index (χ3n) is 4.74. The molecule has 0 spiro atoms. The third kappa shape index (κ3) is 4.13. The molecule has 27 heavy (non-hydrogen) atoms. The van der Waals surface area contributed by atoms with Gasteiger partial charge < -0.3 is 15.0 Å². The van der Waals surface area contributed by atoms with Gasteiger partial charge in [0, 0.05) is 23.8 Å². The number of carbonyl (C=O) groups is 1. The molecule has 0 saturated heterocycles. The summed E-state index contributed by atoms with van der Waals surface area (Å²) in [6.07, 6.45) is 4.64. The molecule has 0 aliphatic rings. The van der Waals surface area contributed by atoms with Gasteiger partial charge in [0.05, 0.1) is 11.1 Å². The maximum Gasteiger partial charge on any atom is 0.348 e. The highest BCUT2D eigenvalue weighted by Gasteiger charge is 2.30. The lowest BCUT2D eigenvalue weighted by Crippen LogP contribution is -2.47. The van der Waals surface area contributed by atoms with Crippen LogP contribution in [0.2, 0.25) is 0 Å². The van der Waals surface area contributed by atoms with E-state index in [2.05, 4.69) is 26.3 Å². The van der Waals surface area contributed by atoms with Crippen LogP contribution in [-0.2, 0) is 10.3 Å². The number of hydrogen-bond donors (Lipinski definition) is 2. The van der Waals surface area contributed by atoms with Gasteiger partial charge in [-0.05, 0) is 36.6 Å². The Hall–Kier alpha value is -3.22. The quantitative estimate of drug-likeness (QED) is 0.670. The highest BCUT2D eigenvalue weighted by atomic mass is 16.5. The summed E-state index contributed by atoms with van der Waals surface area (Å²) in [6.45, 7) is 3.86. The van der Waals surface area contributed by atoms with Gasteiger partial charge in [0.2, 0.25) is 5.88 Å². The fraction of sp³-hybridized carbons (Fsp3) is 0.300. The van der Waals surface area contributed by atoms with Crippen LogP contribution >= 0.6 is 0 Å². The number of pyridine rings is 1. The van der Waals surface area contributed by atoms with E-state index in [4.69, 9.17) is 4.74 Å². The first kappa shape index (κ1) is 18.6. The van der Waals surface area contributed by atoms with Crippen molar-refractivity contribution in [1.82, 2.24) is 20.3 Å². The third-order valence-corrected chi connectivity index (χ3v) is 4.74. The Morgan fingerprint density at radius 3 is 2.78 bits per heavy atom. The predicted octanol–water partition coefficient (Wildman–Crippen LogP) is 2.53. The molecule has 0 atom stereocenters. The van der Waals surface area contributed by atoms with Gasteiger partial charge in [0.25, 0.3) is 5.91 Å². The second-order valence-electron chi connectivity index (χ2n) is 6.27. The molecule has 2 N–H and O–H groups in total. The van der Waals surface area contributed by atoms with Crippen molar-refractivity contribution in [2.75, 3.05) is 6.61 Å². The van der Waals surface area contributed by atoms with Crippen molar-refractivity contribution in [3.63, 3.8) is 0 Å². The van der Waals surface area contributed by atoms with Gasteiger partial charge in [-0.15, -0.1) is 0 Å². The average molecular weight is 366 g/mol. The summed E-state index contributed by atoms with van der Waals surface area (Å²) in [5.41, 5.74) is 0.911. The fourth-order valence-corrected chi connectivity index (χ4v) is 3.16. The van der Waals surface area contributed by atoms with Gasteiger partial charge in [0.15, 0.2) is 6.61 Å². The molecule has 1 amide bonds. The molecule has 0 fully saturated rings.